The Hall–Kier alpha value is -1.78. The molecule has 0 saturated heterocycles. The lowest BCUT2D eigenvalue weighted by Crippen LogP contribution is -2.21. The fourth-order valence-electron chi connectivity index (χ4n) is 1.90. The Kier molecular flexibility index (Phi) is 3.05. The molecule has 1 aromatic carbocycles. The lowest BCUT2D eigenvalue weighted by molar-refractivity contribution is 0.562. The van der Waals surface area contributed by atoms with Gasteiger partial charge in [0.1, 0.15) is 0 Å². The molecule has 0 amide bonds. The third kappa shape index (κ3) is 2.37. The van der Waals surface area contributed by atoms with Crippen molar-refractivity contribution in [3.8, 4) is 0 Å². The van der Waals surface area contributed by atoms with Crippen LogP contribution in [0.25, 0.3) is 5.52 Å². The van der Waals surface area contributed by atoms with Gasteiger partial charge < -0.3 is 0 Å². The van der Waals surface area contributed by atoms with Gasteiger partial charge >= 0.3 is 0 Å². The van der Waals surface area contributed by atoms with Gasteiger partial charge in [-0.1, -0.05) is 35.3 Å². The van der Waals surface area contributed by atoms with Gasteiger partial charge in [0.25, 0.3) is 5.56 Å². The van der Waals surface area contributed by atoms with Crippen molar-refractivity contribution in [2.45, 2.75) is 6.54 Å². The number of aromatic nitrogens is 3. The van der Waals surface area contributed by atoms with Crippen LogP contribution < -0.4 is 5.56 Å². The van der Waals surface area contributed by atoms with Crippen LogP contribution in [0.2, 0.25) is 10.2 Å². The number of halogens is 2. The third-order valence-electron chi connectivity index (χ3n) is 2.81. The van der Waals surface area contributed by atoms with Gasteiger partial charge in [0.05, 0.1) is 12.1 Å². The summed E-state index contributed by atoms with van der Waals surface area (Å²) in [6, 6.07) is 12.3. The first-order valence-electron chi connectivity index (χ1n) is 5.63. The number of hydrogen-bond donors (Lipinski definition) is 0. The zero-order chi connectivity index (χ0) is 13.4. The summed E-state index contributed by atoms with van der Waals surface area (Å²) in [6.07, 6.45) is 0. The Balaban J connectivity index is 2.09. The van der Waals surface area contributed by atoms with Crippen LogP contribution in [0.1, 0.15) is 5.56 Å². The van der Waals surface area contributed by atoms with Crippen LogP contribution in [0.5, 0.6) is 0 Å². The average molecular weight is 294 g/mol. The maximum Gasteiger partial charge on any atom is 0.269 e. The molecule has 2 aromatic heterocycles. The number of nitrogens with zero attached hydrogens (tertiary/aromatic N) is 3. The van der Waals surface area contributed by atoms with Crippen LogP contribution in [0.15, 0.2) is 47.3 Å². The van der Waals surface area contributed by atoms with E-state index < -0.39 is 0 Å². The molecule has 0 bridgehead atoms. The van der Waals surface area contributed by atoms with E-state index in [1.165, 1.54) is 15.4 Å². The standard InChI is InChI=1S/C13H9Cl2N3O/c14-10-3-1-9(2-4-10)8-17-13(19)7-11-5-6-12(15)16-18(11)17/h1-7H,8H2. The van der Waals surface area contributed by atoms with E-state index in [2.05, 4.69) is 5.10 Å². The minimum absolute atomic E-state index is 0.121. The van der Waals surface area contributed by atoms with Gasteiger partial charge in [0, 0.05) is 11.1 Å². The molecule has 2 heterocycles. The summed E-state index contributed by atoms with van der Waals surface area (Å²) < 4.78 is 3.03. The Morgan fingerprint density at radius 3 is 2.53 bits per heavy atom. The van der Waals surface area contributed by atoms with Gasteiger partial charge in [-0.3, -0.25) is 4.79 Å². The third-order valence-corrected chi connectivity index (χ3v) is 3.27. The zero-order valence-electron chi connectivity index (χ0n) is 9.75. The molecule has 0 saturated carbocycles. The Morgan fingerprint density at radius 1 is 1.05 bits per heavy atom. The normalized spacial score (nSPS) is 11.1. The Morgan fingerprint density at radius 2 is 1.79 bits per heavy atom. The molecule has 0 spiro atoms. The predicted molar refractivity (Wildman–Crippen MR) is 75.0 cm³/mol. The molecular weight excluding hydrogens is 285 g/mol. The van der Waals surface area contributed by atoms with Crippen molar-refractivity contribution in [2.24, 2.45) is 0 Å². The molecule has 0 aliphatic rings. The maximum absolute atomic E-state index is 12.0. The van der Waals surface area contributed by atoms with Crippen LogP contribution >= 0.6 is 23.2 Å². The number of fused-ring (bicyclic) bond motifs is 1. The van der Waals surface area contributed by atoms with Gasteiger partial charge in [-0.2, -0.15) is 4.63 Å². The van der Waals surface area contributed by atoms with E-state index in [4.69, 9.17) is 23.2 Å². The highest BCUT2D eigenvalue weighted by molar-refractivity contribution is 6.30. The van der Waals surface area contributed by atoms with E-state index in [0.29, 0.717) is 22.2 Å². The molecule has 3 aromatic rings. The molecule has 0 N–H and O–H groups in total. The molecule has 0 aliphatic carbocycles. The van der Waals surface area contributed by atoms with E-state index in [0.717, 1.165) is 5.56 Å². The largest absolute Gasteiger partial charge is 0.269 e. The van der Waals surface area contributed by atoms with E-state index in [-0.39, 0.29) is 5.56 Å². The van der Waals surface area contributed by atoms with E-state index >= 15 is 0 Å². The maximum atomic E-state index is 12.0. The molecule has 6 heteroatoms. The fraction of sp³-hybridized carbons (Fsp3) is 0.0769. The van der Waals surface area contributed by atoms with Crippen LogP contribution in [0.3, 0.4) is 0 Å². The van der Waals surface area contributed by atoms with Crippen molar-refractivity contribution in [3.05, 3.63) is 68.6 Å². The van der Waals surface area contributed by atoms with Crippen LogP contribution in [0.4, 0.5) is 0 Å². The molecule has 0 fully saturated rings. The van der Waals surface area contributed by atoms with Gasteiger partial charge in [0.2, 0.25) is 0 Å². The summed E-state index contributed by atoms with van der Waals surface area (Å²) in [5.41, 5.74) is 1.56. The van der Waals surface area contributed by atoms with Crippen molar-refractivity contribution in [1.29, 1.82) is 0 Å². The molecule has 96 valence electrons. The second-order valence-electron chi connectivity index (χ2n) is 4.14. The highest BCUT2D eigenvalue weighted by Gasteiger charge is 2.07. The first-order chi connectivity index (χ1) is 9.13. The van der Waals surface area contributed by atoms with Gasteiger partial charge in [-0.15, -0.1) is 5.10 Å². The van der Waals surface area contributed by atoms with E-state index in [1.54, 1.807) is 24.3 Å². The minimum atomic E-state index is -0.121. The number of benzene rings is 1. The summed E-state index contributed by atoms with van der Waals surface area (Å²) in [4.78, 5) is 12.0. The average Bonchev–Trinajstić information content (AvgIpc) is 2.69. The van der Waals surface area contributed by atoms with Crippen molar-refractivity contribution in [2.75, 3.05) is 0 Å². The number of rotatable bonds is 2. The SMILES string of the molecule is O=c1cc2ccc(Cl)nn2n1Cc1ccc(Cl)cc1. The monoisotopic (exact) mass is 293 g/mol. The van der Waals surface area contributed by atoms with Crippen molar-refractivity contribution in [1.82, 2.24) is 14.4 Å². The smallest absolute Gasteiger partial charge is 0.268 e. The molecule has 0 atom stereocenters. The van der Waals surface area contributed by atoms with Crippen LogP contribution in [0, 0.1) is 0 Å². The van der Waals surface area contributed by atoms with Crippen molar-refractivity contribution < 1.29 is 0 Å². The number of hydrogen-bond acceptors (Lipinski definition) is 2. The molecule has 0 radical (unpaired) electrons. The Bertz CT molecular complexity index is 790. The summed E-state index contributed by atoms with van der Waals surface area (Å²) in [5, 5.41) is 5.13. The van der Waals surface area contributed by atoms with E-state index in [9.17, 15) is 4.79 Å². The molecule has 3 rings (SSSR count). The molecular formula is C13H9Cl2N3O. The van der Waals surface area contributed by atoms with Crippen molar-refractivity contribution in [3.63, 3.8) is 0 Å². The van der Waals surface area contributed by atoms with Gasteiger partial charge in [-0.25, -0.2) is 4.68 Å². The van der Waals surface area contributed by atoms with Gasteiger partial charge in [-0.05, 0) is 29.8 Å². The van der Waals surface area contributed by atoms with Gasteiger partial charge in [0.15, 0.2) is 5.15 Å². The minimum Gasteiger partial charge on any atom is -0.268 e. The first kappa shape index (κ1) is 12.3. The molecule has 0 aliphatic heterocycles. The fourth-order valence-corrected chi connectivity index (χ4v) is 2.16. The predicted octanol–water partition coefficient (Wildman–Crippen LogP) is 2.85. The second-order valence-corrected chi connectivity index (χ2v) is 4.96. The quantitative estimate of drug-likeness (QED) is 0.729. The highest BCUT2D eigenvalue weighted by atomic mass is 35.5. The lowest BCUT2D eigenvalue weighted by Gasteiger charge is -2.06. The first-order valence-corrected chi connectivity index (χ1v) is 6.39. The zero-order valence-corrected chi connectivity index (χ0v) is 11.3. The van der Waals surface area contributed by atoms with Crippen molar-refractivity contribution >= 4 is 28.7 Å². The second kappa shape index (κ2) is 4.72. The Labute approximate surface area is 118 Å². The molecule has 0 unspecified atom stereocenters. The van der Waals surface area contributed by atoms with Crippen LogP contribution in [-0.4, -0.2) is 14.4 Å². The molecule has 4 nitrogen and oxygen atoms in total. The summed E-state index contributed by atoms with van der Waals surface area (Å²) >= 11 is 11.7. The summed E-state index contributed by atoms with van der Waals surface area (Å²) in [5.74, 6) is 0. The molecule has 19 heavy (non-hydrogen) atoms. The van der Waals surface area contributed by atoms with E-state index in [1.807, 2.05) is 12.1 Å². The summed E-state index contributed by atoms with van der Waals surface area (Å²) in [6.45, 7) is 0.414. The highest BCUT2D eigenvalue weighted by Crippen LogP contribution is 2.11. The summed E-state index contributed by atoms with van der Waals surface area (Å²) in [7, 11) is 0. The van der Waals surface area contributed by atoms with Crippen LogP contribution in [-0.2, 0) is 6.54 Å². The lowest BCUT2D eigenvalue weighted by atomic mass is 10.2. The topological polar surface area (TPSA) is 39.3 Å².